The van der Waals surface area contributed by atoms with Gasteiger partial charge < -0.3 is 5.32 Å². The smallest absolute Gasteiger partial charge is 0.0873 e. The van der Waals surface area contributed by atoms with Gasteiger partial charge in [0.15, 0.2) is 0 Å². The lowest BCUT2D eigenvalue weighted by Crippen LogP contribution is -2.11. The van der Waals surface area contributed by atoms with E-state index >= 15 is 0 Å². The number of aromatic nitrogens is 2. The van der Waals surface area contributed by atoms with Crippen LogP contribution in [0.15, 0.2) is 18.3 Å². The molecule has 0 fully saturated rings. The summed E-state index contributed by atoms with van der Waals surface area (Å²) in [6, 6.07) is 4.64. The van der Waals surface area contributed by atoms with Gasteiger partial charge in [-0.15, -0.1) is 0 Å². The second-order valence-corrected chi connectivity index (χ2v) is 5.51. The Morgan fingerprint density at radius 3 is 2.11 bits per heavy atom. The molecule has 1 heterocycles. The molecule has 0 bridgehead atoms. The Labute approximate surface area is 115 Å². The van der Waals surface area contributed by atoms with E-state index in [0.29, 0.717) is 0 Å². The van der Waals surface area contributed by atoms with E-state index in [2.05, 4.69) is 63.4 Å². The predicted octanol–water partition coefficient (Wildman–Crippen LogP) is 3.83. The molecular formula is C16H23N3. The highest BCUT2D eigenvalue weighted by Crippen LogP contribution is 2.27. The van der Waals surface area contributed by atoms with Gasteiger partial charge in [-0.05, 0) is 51.3 Å². The number of rotatable bonds is 3. The monoisotopic (exact) mass is 257 g/mol. The van der Waals surface area contributed by atoms with E-state index in [1.807, 2.05) is 11.7 Å². The first-order chi connectivity index (χ1) is 8.88. The van der Waals surface area contributed by atoms with Crippen LogP contribution in [0.4, 0.5) is 5.69 Å². The zero-order valence-corrected chi connectivity index (χ0v) is 12.7. The third-order valence-corrected chi connectivity index (χ3v) is 3.50. The van der Waals surface area contributed by atoms with Crippen LogP contribution in [-0.4, -0.2) is 9.78 Å². The fourth-order valence-electron chi connectivity index (χ4n) is 2.74. The third kappa shape index (κ3) is 2.80. The van der Waals surface area contributed by atoms with Gasteiger partial charge in [-0.1, -0.05) is 17.7 Å². The topological polar surface area (TPSA) is 29.9 Å². The predicted molar refractivity (Wildman–Crippen MR) is 80.6 cm³/mol. The number of benzene rings is 1. The molecule has 1 atom stereocenters. The zero-order chi connectivity index (χ0) is 14.2. The number of aryl methyl sites for hydroxylation is 5. The Kier molecular flexibility index (Phi) is 3.65. The van der Waals surface area contributed by atoms with E-state index in [1.165, 1.54) is 27.9 Å². The fourth-order valence-corrected chi connectivity index (χ4v) is 2.74. The van der Waals surface area contributed by atoms with Gasteiger partial charge in [0.05, 0.1) is 11.7 Å². The van der Waals surface area contributed by atoms with E-state index in [4.69, 9.17) is 0 Å². The molecule has 102 valence electrons. The molecule has 0 aliphatic carbocycles. The van der Waals surface area contributed by atoms with Crippen molar-refractivity contribution in [2.75, 3.05) is 5.32 Å². The standard InChI is InChI=1S/C16H23N3/c1-10-7-11(2)15(12(3)8-10)17-14(5)16-13(4)9-19(6)18-16/h7-9,14,17H,1-6H3. The van der Waals surface area contributed by atoms with Gasteiger partial charge in [-0.25, -0.2) is 0 Å². The molecule has 19 heavy (non-hydrogen) atoms. The van der Waals surface area contributed by atoms with Crippen LogP contribution < -0.4 is 5.32 Å². The highest BCUT2D eigenvalue weighted by molar-refractivity contribution is 5.59. The average Bonchev–Trinajstić information content (AvgIpc) is 2.62. The Balaban J connectivity index is 2.29. The molecular weight excluding hydrogens is 234 g/mol. The maximum absolute atomic E-state index is 4.54. The Morgan fingerprint density at radius 1 is 1.05 bits per heavy atom. The first-order valence-corrected chi connectivity index (χ1v) is 6.73. The SMILES string of the molecule is Cc1cc(C)c(NC(C)c2nn(C)cc2C)c(C)c1. The summed E-state index contributed by atoms with van der Waals surface area (Å²) < 4.78 is 1.87. The van der Waals surface area contributed by atoms with Gasteiger partial charge in [0.1, 0.15) is 0 Å². The minimum absolute atomic E-state index is 0.210. The summed E-state index contributed by atoms with van der Waals surface area (Å²) in [6.07, 6.45) is 2.06. The number of hydrogen-bond donors (Lipinski definition) is 1. The molecule has 3 heteroatoms. The number of nitrogens with zero attached hydrogens (tertiary/aromatic N) is 2. The van der Waals surface area contributed by atoms with Crippen molar-refractivity contribution in [3.63, 3.8) is 0 Å². The van der Waals surface area contributed by atoms with Gasteiger partial charge in [0, 0.05) is 18.9 Å². The van der Waals surface area contributed by atoms with Crippen molar-refractivity contribution in [3.8, 4) is 0 Å². The average molecular weight is 257 g/mol. The molecule has 0 amide bonds. The van der Waals surface area contributed by atoms with E-state index < -0.39 is 0 Å². The molecule has 1 unspecified atom stereocenters. The summed E-state index contributed by atoms with van der Waals surface area (Å²) in [5.74, 6) is 0. The number of anilines is 1. The molecule has 0 radical (unpaired) electrons. The van der Waals surface area contributed by atoms with Crippen molar-refractivity contribution in [1.82, 2.24) is 9.78 Å². The first kappa shape index (κ1) is 13.7. The fraction of sp³-hybridized carbons (Fsp3) is 0.438. The second-order valence-electron chi connectivity index (χ2n) is 5.51. The van der Waals surface area contributed by atoms with Crippen LogP contribution in [0.25, 0.3) is 0 Å². The first-order valence-electron chi connectivity index (χ1n) is 6.73. The molecule has 1 aromatic heterocycles. The van der Waals surface area contributed by atoms with E-state index in [-0.39, 0.29) is 6.04 Å². The number of nitrogens with one attached hydrogen (secondary N) is 1. The van der Waals surface area contributed by atoms with Crippen LogP contribution in [-0.2, 0) is 7.05 Å². The second kappa shape index (κ2) is 5.08. The quantitative estimate of drug-likeness (QED) is 0.905. The third-order valence-electron chi connectivity index (χ3n) is 3.50. The Hall–Kier alpha value is -1.77. The molecule has 1 aromatic carbocycles. The van der Waals surface area contributed by atoms with Crippen LogP contribution in [0.3, 0.4) is 0 Å². The molecule has 2 aromatic rings. The Morgan fingerprint density at radius 2 is 1.63 bits per heavy atom. The van der Waals surface area contributed by atoms with Gasteiger partial charge in [-0.2, -0.15) is 5.10 Å². The molecule has 0 aliphatic heterocycles. The van der Waals surface area contributed by atoms with Crippen molar-refractivity contribution in [1.29, 1.82) is 0 Å². The molecule has 0 aliphatic rings. The van der Waals surface area contributed by atoms with Crippen molar-refractivity contribution in [2.45, 2.75) is 40.7 Å². The number of hydrogen-bond acceptors (Lipinski definition) is 2. The van der Waals surface area contributed by atoms with Crippen LogP contribution in [0.1, 0.15) is 40.9 Å². The minimum atomic E-state index is 0.210. The molecule has 1 N–H and O–H groups in total. The molecule has 0 saturated carbocycles. The molecule has 0 saturated heterocycles. The lowest BCUT2D eigenvalue weighted by molar-refractivity contribution is 0.717. The largest absolute Gasteiger partial charge is 0.376 e. The lowest BCUT2D eigenvalue weighted by Gasteiger charge is -2.19. The summed E-state index contributed by atoms with van der Waals surface area (Å²) in [5.41, 5.74) is 7.45. The molecule has 3 nitrogen and oxygen atoms in total. The summed E-state index contributed by atoms with van der Waals surface area (Å²) in [6.45, 7) is 10.7. The summed E-state index contributed by atoms with van der Waals surface area (Å²) >= 11 is 0. The summed E-state index contributed by atoms with van der Waals surface area (Å²) in [4.78, 5) is 0. The van der Waals surface area contributed by atoms with Gasteiger partial charge in [-0.3, -0.25) is 4.68 Å². The van der Waals surface area contributed by atoms with Gasteiger partial charge in [0.2, 0.25) is 0 Å². The maximum atomic E-state index is 4.54. The van der Waals surface area contributed by atoms with Crippen molar-refractivity contribution >= 4 is 5.69 Å². The highest BCUT2D eigenvalue weighted by atomic mass is 15.3. The van der Waals surface area contributed by atoms with Crippen LogP contribution in [0.5, 0.6) is 0 Å². The maximum Gasteiger partial charge on any atom is 0.0873 e. The van der Waals surface area contributed by atoms with Crippen molar-refractivity contribution in [2.24, 2.45) is 7.05 Å². The normalized spacial score (nSPS) is 12.5. The highest BCUT2D eigenvalue weighted by Gasteiger charge is 2.14. The zero-order valence-electron chi connectivity index (χ0n) is 12.7. The molecule has 2 rings (SSSR count). The van der Waals surface area contributed by atoms with Gasteiger partial charge >= 0.3 is 0 Å². The van der Waals surface area contributed by atoms with Crippen molar-refractivity contribution < 1.29 is 0 Å². The lowest BCUT2D eigenvalue weighted by atomic mass is 10.0. The van der Waals surface area contributed by atoms with Crippen molar-refractivity contribution in [3.05, 3.63) is 46.3 Å². The molecule has 0 spiro atoms. The van der Waals surface area contributed by atoms with Crippen LogP contribution >= 0.6 is 0 Å². The van der Waals surface area contributed by atoms with Gasteiger partial charge in [0.25, 0.3) is 0 Å². The van der Waals surface area contributed by atoms with Crippen LogP contribution in [0.2, 0.25) is 0 Å². The summed E-state index contributed by atoms with van der Waals surface area (Å²) in [5, 5.41) is 8.14. The minimum Gasteiger partial charge on any atom is -0.376 e. The van der Waals surface area contributed by atoms with E-state index in [0.717, 1.165) is 5.69 Å². The van der Waals surface area contributed by atoms with Crippen LogP contribution in [0, 0.1) is 27.7 Å². The Bertz CT molecular complexity index is 573. The van der Waals surface area contributed by atoms with E-state index in [1.54, 1.807) is 0 Å². The van der Waals surface area contributed by atoms with E-state index in [9.17, 15) is 0 Å². The summed E-state index contributed by atoms with van der Waals surface area (Å²) in [7, 11) is 1.96.